The Hall–Kier alpha value is -1.38. The van der Waals surface area contributed by atoms with E-state index in [4.69, 9.17) is 16.3 Å². The van der Waals surface area contributed by atoms with E-state index < -0.39 is 14.7 Å². The minimum absolute atomic E-state index is 0.0976. The van der Waals surface area contributed by atoms with Crippen LogP contribution < -0.4 is 4.90 Å². The maximum absolute atomic E-state index is 12.2. The molecule has 2 aromatic heterocycles. The number of hydrogen-bond acceptors (Lipinski definition) is 6. The fraction of sp³-hybridized carbons (Fsp3) is 0.600. The van der Waals surface area contributed by atoms with Gasteiger partial charge in [-0.05, 0) is 38.4 Å². The summed E-state index contributed by atoms with van der Waals surface area (Å²) in [5.74, 6) is 0.712. The first-order valence-corrected chi connectivity index (χ1v) is 9.99. The maximum atomic E-state index is 12.2. The molecule has 0 radical (unpaired) electrons. The number of rotatable bonds is 3. The second kappa shape index (κ2) is 5.86. The average Bonchev–Trinajstić information content (AvgIpc) is 2.90. The number of fused-ring (bicyclic) bond motifs is 1. The first-order chi connectivity index (χ1) is 11.1. The fourth-order valence-corrected chi connectivity index (χ4v) is 3.51. The summed E-state index contributed by atoms with van der Waals surface area (Å²) < 4.78 is 31.5. The summed E-state index contributed by atoms with van der Waals surface area (Å²) in [7, 11) is -3.35. The molecule has 1 saturated heterocycles. The lowest BCUT2D eigenvalue weighted by Crippen LogP contribution is -2.44. The van der Waals surface area contributed by atoms with Gasteiger partial charge in [0.1, 0.15) is 16.3 Å². The molecule has 1 atom stereocenters. The van der Waals surface area contributed by atoms with Crippen LogP contribution in [0.4, 0.5) is 5.82 Å². The van der Waals surface area contributed by atoms with Crippen molar-refractivity contribution >= 4 is 38.3 Å². The summed E-state index contributed by atoms with van der Waals surface area (Å²) in [4.78, 5) is 9.67. The van der Waals surface area contributed by atoms with Gasteiger partial charge in [0.2, 0.25) is 5.28 Å². The van der Waals surface area contributed by atoms with Crippen LogP contribution in [-0.2, 0) is 19.4 Å². The van der Waals surface area contributed by atoms with E-state index in [2.05, 4.69) is 21.8 Å². The molecule has 0 aromatic carbocycles. The van der Waals surface area contributed by atoms with Crippen LogP contribution in [0.25, 0.3) is 11.0 Å². The molecule has 132 valence electrons. The molecule has 3 rings (SSSR count). The van der Waals surface area contributed by atoms with Crippen LogP contribution in [0.5, 0.6) is 0 Å². The Labute approximate surface area is 146 Å². The Morgan fingerprint density at radius 2 is 2.08 bits per heavy atom. The summed E-state index contributed by atoms with van der Waals surface area (Å²) in [5.41, 5.74) is 0.513. The van der Waals surface area contributed by atoms with Crippen molar-refractivity contribution < 1.29 is 13.2 Å². The topological polar surface area (TPSA) is 77.3 Å². The number of anilines is 1. The normalized spacial score (nSPS) is 19.9. The van der Waals surface area contributed by atoms with Gasteiger partial charge >= 0.3 is 0 Å². The van der Waals surface area contributed by atoms with Crippen molar-refractivity contribution in [3.8, 4) is 0 Å². The lowest BCUT2D eigenvalue weighted by atomic mass is 10.2. The molecule has 0 spiro atoms. The van der Waals surface area contributed by atoms with Crippen molar-refractivity contribution in [2.24, 2.45) is 0 Å². The van der Waals surface area contributed by atoms with Crippen LogP contribution >= 0.6 is 11.6 Å². The Morgan fingerprint density at radius 3 is 2.71 bits per heavy atom. The predicted octanol–water partition coefficient (Wildman–Crippen LogP) is 2.05. The molecule has 24 heavy (non-hydrogen) atoms. The first-order valence-electron chi connectivity index (χ1n) is 7.72. The van der Waals surface area contributed by atoms with Crippen molar-refractivity contribution in [1.82, 2.24) is 14.5 Å². The first kappa shape index (κ1) is 17.4. The molecule has 1 unspecified atom stereocenters. The molecule has 1 aliphatic heterocycles. The fourth-order valence-electron chi connectivity index (χ4n) is 2.85. The maximum Gasteiger partial charge on any atom is 0.226 e. The number of aromatic nitrogens is 3. The molecule has 3 heterocycles. The smallest absolute Gasteiger partial charge is 0.226 e. The van der Waals surface area contributed by atoms with Crippen molar-refractivity contribution in [1.29, 1.82) is 0 Å². The molecule has 2 aromatic rings. The van der Waals surface area contributed by atoms with Crippen LogP contribution in [-0.4, -0.2) is 55.0 Å². The van der Waals surface area contributed by atoms with Gasteiger partial charge < -0.3 is 14.2 Å². The van der Waals surface area contributed by atoms with E-state index in [1.54, 1.807) is 24.6 Å². The van der Waals surface area contributed by atoms with Gasteiger partial charge in [0.25, 0.3) is 0 Å². The molecule has 0 saturated carbocycles. The van der Waals surface area contributed by atoms with E-state index in [-0.39, 0.29) is 11.3 Å². The van der Waals surface area contributed by atoms with Gasteiger partial charge in [-0.2, -0.15) is 9.97 Å². The zero-order valence-corrected chi connectivity index (χ0v) is 15.7. The molecular weight excluding hydrogens is 352 g/mol. The molecule has 9 heteroatoms. The monoisotopic (exact) mass is 372 g/mol. The third kappa shape index (κ3) is 2.76. The minimum atomic E-state index is -3.35. The third-order valence-electron chi connectivity index (χ3n) is 4.62. The number of hydrogen-bond donors (Lipinski definition) is 0. The van der Waals surface area contributed by atoms with Gasteiger partial charge in [-0.1, -0.05) is 0 Å². The second-order valence-electron chi connectivity index (χ2n) is 6.58. The molecule has 0 N–H and O–H groups in total. The SMILES string of the molecule is CC1COCCN1c1nc(Cl)nc2c1ccn2C(C)(C)S(C)(=O)=O. The standard InChI is InChI=1S/C15H21ClN4O3S/c1-10-9-23-8-7-19(10)12-11-5-6-20(13(11)18-14(16)17-12)15(2,3)24(4,21)22/h5-6,10H,7-9H2,1-4H3. The largest absolute Gasteiger partial charge is 0.377 e. The summed E-state index contributed by atoms with van der Waals surface area (Å²) in [5, 5.41) is 0.880. The van der Waals surface area contributed by atoms with Crippen LogP contribution in [0.15, 0.2) is 12.3 Å². The lowest BCUT2D eigenvalue weighted by Gasteiger charge is -2.34. The van der Waals surface area contributed by atoms with Crippen molar-refractivity contribution in [3.63, 3.8) is 0 Å². The Kier molecular flexibility index (Phi) is 4.26. The van der Waals surface area contributed by atoms with Crippen LogP contribution in [0, 0.1) is 0 Å². The predicted molar refractivity (Wildman–Crippen MR) is 94.3 cm³/mol. The molecule has 1 aliphatic rings. The minimum Gasteiger partial charge on any atom is -0.377 e. The quantitative estimate of drug-likeness (QED) is 0.767. The van der Waals surface area contributed by atoms with Crippen LogP contribution in [0.1, 0.15) is 20.8 Å². The van der Waals surface area contributed by atoms with E-state index in [1.165, 1.54) is 6.26 Å². The number of sulfone groups is 1. The molecule has 0 amide bonds. The third-order valence-corrected chi connectivity index (χ3v) is 6.80. The number of nitrogens with zero attached hydrogens (tertiary/aromatic N) is 4. The van der Waals surface area contributed by atoms with E-state index in [0.29, 0.717) is 31.2 Å². The molecule has 0 aliphatic carbocycles. The van der Waals surface area contributed by atoms with Crippen molar-refractivity contribution in [3.05, 3.63) is 17.5 Å². The van der Waals surface area contributed by atoms with Gasteiger partial charge in [-0.15, -0.1) is 0 Å². The molecular formula is C15H21ClN4O3S. The van der Waals surface area contributed by atoms with Gasteiger partial charge in [-0.3, -0.25) is 0 Å². The Balaban J connectivity index is 2.21. The highest BCUT2D eigenvalue weighted by atomic mass is 35.5. The highest BCUT2D eigenvalue weighted by Gasteiger charge is 2.34. The highest BCUT2D eigenvalue weighted by molar-refractivity contribution is 7.91. The van der Waals surface area contributed by atoms with Gasteiger partial charge in [-0.25, -0.2) is 8.42 Å². The summed E-state index contributed by atoms with van der Waals surface area (Å²) >= 11 is 6.14. The number of ether oxygens (including phenoxy) is 1. The molecule has 0 bridgehead atoms. The molecule has 1 fully saturated rings. The van der Waals surface area contributed by atoms with Crippen molar-refractivity contribution in [2.75, 3.05) is 30.9 Å². The lowest BCUT2D eigenvalue weighted by molar-refractivity contribution is 0.0987. The van der Waals surface area contributed by atoms with Crippen molar-refractivity contribution in [2.45, 2.75) is 31.7 Å². The van der Waals surface area contributed by atoms with Gasteiger partial charge in [0.05, 0.1) is 24.6 Å². The summed E-state index contributed by atoms with van der Waals surface area (Å²) in [6.45, 7) is 7.27. The van der Waals surface area contributed by atoms with E-state index >= 15 is 0 Å². The highest BCUT2D eigenvalue weighted by Crippen LogP contribution is 2.33. The summed E-state index contributed by atoms with van der Waals surface area (Å²) in [6, 6.07) is 2.00. The van der Waals surface area contributed by atoms with Crippen LogP contribution in [0.2, 0.25) is 5.28 Å². The zero-order chi connectivity index (χ0) is 17.7. The van der Waals surface area contributed by atoms with E-state index in [0.717, 1.165) is 5.39 Å². The number of halogens is 1. The zero-order valence-electron chi connectivity index (χ0n) is 14.2. The van der Waals surface area contributed by atoms with Crippen LogP contribution in [0.3, 0.4) is 0 Å². The van der Waals surface area contributed by atoms with Gasteiger partial charge in [0.15, 0.2) is 9.84 Å². The summed E-state index contributed by atoms with van der Waals surface area (Å²) in [6.07, 6.45) is 2.94. The van der Waals surface area contributed by atoms with E-state index in [1.807, 2.05) is 6.07 Å². The molecule has 7 nitrogen and oxygen atoms in total. The number of morpholine rings is 1. The Morgan fingerprint density at radius 1 is 1.38 bits per heavy atom. The average molecular weight is 373 g/mol. The van der Waals surface area contributed by atoms with Gasteiger partial charge in [0, 0.05) is 19.0 Å². The second-order valence-corrected chi connectivity index (χ2v) is 9.46. The Bertz CT molecular complexity index is 878. The van der Waals surface area contributed by atoms with E-state index in [9.17, 15) is 8.42 Å².